The molecule has 2 aromatic carbocycles. The molecule has 2 rings (SSSR count). The molecule has 0 unspecified atom stereocenters. The Morgan fingerprint density at radius 3 is 2.21 bits per heavy atom. The van der Waals surface area contributed by atoms with E-state index in [1.54, 1.807) is 18.2 Å². The maximum absolute atomic E-state index is 12.8. The van der Waals surface area contributed by atoms with Crippen molar-refractivity contribution in [3.8, 4) is 0 Å². The Kier molecular flexibility index (Phi) is 5.32. The van der Waals surface area contributed by atoms with E-state index in [9.17, 15) is 23.3 Å². The van der Waals surface area contributed by atoms with Gasteiger partial charge in [0.15, 0.2) is 0 Å². The van der Waals surface area contributed by atoms with Gasteiger partial charge in [0.25, 0.3) is 0 Å². The van der Waals surface area contributed by atoms with E-state index in [4.69, 9.17) is 5.11 Å². The van der Waals surface area contributed by atoms with Crippen LogP contribution in [0.2, 0.25) is 0 Å². The molecule has 0 fully saturated rings. The number of carbonyl (C=O) groups is 2. The largest absolute Gasteiger partial charge is 0.481 e. The van der Waals surface area contributed by atoms with Crippen LogP contribution in [-0.4, -0.2) is 25.5 Å². The van der Waals surface area contributed by atoms with Gasteiger partial charge in [-0.2, -0.15) is 0 Å². The number of rotatable bonds is 6. The first kappa shape index (κ1) is 17.6. The van der Waals surface area contributed by atoms with Crippen LogP contribution in [0.25, 0.3) is 0 Å². The summed E-state index contributed by atoms with van der Waals surface area (Å²) in [6.07, 6.45) is -1.12. The van der Waals surface area contributed by atoms with Crippen LogP contribution in [0, 0.1) is 0 Å². The summed E-state index contributed by atoms with van der Waals surface area (Å²) in [7, 11) is -3.98. The van der Waals surface area contributed by atoms with E-state index in [0.717, 1.165) is 0 Å². The second kappa shape index (κ2) is 7.24. The molecular formula is C16H13O7S. The molecule has 1 N–H and O–H groups in total. The monoisotopic (exact) mass is 349 g/mol. The SMILES string of the molecule is [O]OC(=O)Cc1c(CC(=O)O)cccc1S(=O)(=O)c1ccccc1. The molecule has 0 aliphatic carbocycles. The molecule has 0 heterocycles. The first-order chi connectivity index (χ1) is 11.4. The lowest BCUT2D eigenvalue weighted by Crippen LogP contribution is -2.14. The van der Waals surface area contributed by atoms with Crippen molar-refractivity contribution in [2.45, 2.75) is 22.6 Å². The highest BCUT2D eigenvalue weighted by Crippen LogP contribution is 2.27. The molecule has 8 heteroatoms. The summed E-state index contributed by atoms with van der Waals surface area (Å²) in [6.45, 7) is 0. The van der Waals surface area contributed by atoms with E-state index in [1.165, 1.54) is 30.3 Å². The van der Waals surface area contributed by atoms with Gasteiger partial charge in [-0.15, -0.1) is 0 Å². The smallest absolute Gasteiger partial charge is 0.350 e. The van der Waals surface area contributed by atoms with Crippen molar-refractivity contribution in [2.75, 3.05) is 0 Å². The predicted molar refractivity (Wildman–Crippen MR) is 80.2 cm³/mol. The van der Waals surface area contributed by atoms with Gasteiger partial charge in [0.05, 0.1) is 22.6 Å². The first-order valence-corrected chi connectivity index (χ1v) is 8.30. The molecule has 24 heavy (non-hydrogen) atoms. The summed E-state index contributed by atoms with van der Waals surface area (Å²) in [6, 6.07) is 11.5. The molecule has 0 bridgehead atoms. The van der Waals surface area contributed by atoms with Crippen LogP contribution in [0.15, 0.2) is 58.3 Å². The molecular weight excluding hydrogens is 336 g/mol. The van der Waals surface area contributed by atoms with Crippen molar-refractivity contribution < 1.29 is 33.3 Å². The van der Waals surface area contributed by atoms with Gasteiger partial charge in [-0.25, -0.2) is 13.2 Å². The number of hydrogen-bond donors (Lipinski definition) is 1. The van der Waals surface area contributed by atoms with Crippen molar-refractivity contribution in [1.82, 2.24) is 0 Å². The lowest BCUT2D eigenvalue weighted by molar-refractivity contribution is -0.277. The van der Waals surface area contributed by atoms with Crippen LogP contribution in [-0.2, 0) is 42.4 Å². The summed E-state index contributed by atoms with van der Waals surface area (Å²) in [5.41, 5.74) is 0.0782. The minimum absolute atomic E-state index is 0.00536. The maximum Gasteiger partial charge on any atom is 0.350 e. The van der Waals surface area contributed by atoms with E-state index >= 15 is 0 Å². The van der Waals surface area contributed by atoms with E-state index in [1.807, 2.05) is 0 Å². The van der Waals surface area contributed by atoms with Crippen molar-refractivity contribution >= 4 is 21.8 Å². The Morgan fingerprint density at radius 1 is 0.958 bits per heavy atom. The predicted octanol–water partition coefficient (Wildman–Crippen LogP) is 1.58. The summed E-state index contributed by atoms with van der Waals surface area (Å²) >= 11 is 0. The minimum atomic E-state index is -3.98. The van der Waals surface area contributed by atoms with Gasteiger partial charge in [0.1, 0.15) is 0 Å². The normalized spacial score (nSPS) is 11.0. The second-order valence-corrected chi connectivity index (χ2v) is 6.83. The number of aliphatic carboxylic acids is 1. The van der Waals surface area contributed by atoms with Crippen molar-refractivity contribution in [3.05, 3.63) is 59.7 Å². The molecule has 1 radical (unpaired) electrons. The summed E-state index contributed by atoms with van der Waals surface area (Å²) < 4.78 is 25.6. The van der Waals surface area contributed by atoms with Gasteiger partial charge >= 0.3 is 11.9 Å². The fourth-order valence-corrected chi connectivity index (χ4v) is 3.85. The Bertz CT molecular complexity index is 857. The lowest BCUT2D eigenvalue weighted by atomic mass is 10.0. The molecule has 0 saturated heterocycles. The van der Waals surface area contributed by atoms with Gasteiger partial charge in [0.2, 0.25) is 9.84 Å². The summed E-state index contributed by atoms with van der Waals surface area (Å²) in [5, 5.41) is 19.2. The zero-order valence-electron chi connectivity index (χ0n) is 12.3. The van der Waals surface area contributed by atoms with Crippen LogP contribution < -0.4 is 0 Å². The van der Waals surface area contributed by atoms with Gasteiger partial charge in [-0.05, 0) is 29.3 Å². The van der Waals surface area contributed by atoms with Crippen LogP contribution in [0.5, 0.6) is 0 Å². The average molecular weight is 349 g/mol. The zero-order chi connectivity index (χ0) is 17.7. The molecule has 0 aliphatic heterocycles. The Balaban J connectivity index is 2.64. The zero-order valence-corrected chi connectivity index (χ0v) is 13.2. The quantitative estimate of drug-likeness (QED) is 0.625. The number of carboxylic acid groups (broad SMARTS) is 1. The lowest BCUT2D eigenvalue weighted by Gasteiger charge is -2.13. The minimum Gasteiger partial charge on any atom is -0.481 e. The number of hydrogen-bond acceptors (Lipinski definition) is 5. The fraction of sp³-hybridized carbons (Fsp3) is 0.125. The van der Waals surface area contributed by atoms with Crippen LogP contribution in [0.1, 0.15) is 11.1 Å². The fourth-order valence-electron chi connectivity index (χ4n) is 2.29. The first-order valence-electron chi connectivity index (χ1n) is 6.81. The van der Waals surface area contributed by atoms with E-state index in [0.29, 0.717) is 0 Å². The van der Waals surface area contributed by atoms with Gasteiger partial charge in [-0.3, -0.25) is 9.68 Å². The number of carboxylic acids is 1. The maximum atomic E-state index is 12.8. The molecule has 125 valence electrons. The molecule has 0 saturated carbocycles. The number of benzene rings is 2. The second-order valence-electron chi connectivity index (χ2n) is 4.91. The highest BCUT2D eigenvalue weighted by Gasteiger charge is 2.25. The summed E-state index contributed by atoms with van der Waals surface area (Å²) in [5.74, 6) is -2.39. The topological polar surface area (TPSA) is 118 Å². The standard InChI is InChI=1S/C16H13O7S/c17-15(18)9-11-5-4-8-14(13(11)10-16(19)23-20)24(21,22)12-6-2-1-3-7-12/h1-8H,9-10H2,(H,17,18). The van der Waals surface area contributed by atoms with Gasteiger partial charge in [0, 0.05) is 5.26 Å². The Morgan fingerprint density at radius 2 is 1.62 bits per heavy atom. The van der Waals surface area contributed by atoms with E-state index in [-0.39, 0.29) is 20.9 Å². The molecule has 2 aromatic rings. The third-order valence-corrected chi connectivity index (χ3v) is 5.18. The Hall–Kier alpha value is -2.71. The Labute approximate surface area is 138 Å². The van der Waals surface area contributed by atoms with Crippen LogP contribution in [0.3, 0.4) is 0 Å². The highest BCUT2D eigenvalue weighted by molar-refractivity contribution is 7.91. The van der Waals surface area contributed by atoms with Gasteiger partial charge in [-0.1, -0.05) is 30.3 Å². The van der Waals surface area contributed by atoms with Crippen molar-refractivity contribution in [2.24, 2.45) is 0 Å². The highest BCUT2D eigenvalue weighted by atomic mass is 32.2. The third kappa shape index (κ3) is 3.79. The molecule has 0 spiro atoms. The molecule has 0 atom stereocenters. The molecule has 0 aromatic heterocycles. The van der Waals surface area contributed by atoms with E-state index in [2.05, 4.69) is 4.89 Å². The average Bonchev–Trinajstić information content (AvgIpc) is 2.56. The van der Waals surface area contributed by atoms with Crippen molar-refractivity contribution in [1.29, 1.82) is 0 Å². The molecule has 0 amide bonds. The van der Waals surface area contributed by atoms with Gasteiger partial charge < -0.3 is 5.11 Å². The van der Waals surface area contributed by atoms with Crippen LogP contribution >= 0.6 is 0 Å². The van der Waals surface area contributed by atoms with Crippen molar-refractivity contribution in [3.63, 3.8) is 0 Å². The summed E-state index contributed by atoms with van der Waals surface area (Å²) in [4.78, 5) is 25.5. The molecule has 0 aliphatic rings. The number of carbonyl (C=O) groups excluding carboxylic acids is 1. The molecule has 7 nitrogen and oxygen atoms in total. The van der Waals surface area contributed by atoms with Crippen LogP contribution in [0.4, 0.5) is 0 Å². The van der Waals surface area contributed by atoms with E-state index < -0.39 is 34.6 Å². The number of sulfone groups is 1. The third-order valence-electron chi connectivity index (χ3n) is 3.33.